The highest BCUT2D eigenvalue weighted by molar-refractivity contribution is 7.80. The Morgan fingerprint density at radius 3 is 2.55 bits per heavy atom. The fourth-order valence-corrected chi connectivity index (χ4v) is 4.35. The minimum atomic E-state index is -0.485. The largest absolute Gasteiger partial charge is 0.497 e. The number of thiocarbonyl (C=S) groups is 1. The number of rotatable bonds is 5. The number of carbonyl (C=O) groups excluding carboxylic acids is 1. The lowest BCUT2D eigenvalue weighted by Gasteiger charge is -2.34. The maximum absolute atomic E-state index is 13.2. The summed E-state index contributed by atoms with van der Waals surface area (Å²) in [5, 5.41) is 6.71. The van der Waals surface area contributed by atoms with Gasteiger partial charge in [-0.05, 0) is 68.4 Å². The molecule has 1 heterocycles. The average Bonchev–Trinajstić information content (AvgIpc) is 2.69. The van der Waals surface area contributed by atoms with E-state index in [4.69, 9.17) is 26.4 Å². The number of nitrogens with one attached hydrogen (secondary N) is 2. The van der Waals surface area contributed by atoms with E-state index in [-0.39, 0.29) is 12.1 Å². The van der Waals surface area contributed by atoms with Gasteiger partial charge in [-0.15, -0.1) is 0 Å². The van der Waals surface area contributed by atoms with Crippen LogP contribution in [0.1, 0.15) is 51.6 Å². The fourth-order valence-electron chi connectivity index (χ4n) is 4.08. The van der Waals surface area contributed by atoms with Gasteiger partial charge in [0.1, 0.15) is 17.6 Å². The van der Waals surface area contributed by atoms with Crippen molar-refractivity contribution in [2.45, 2.75) is 52.2 Å². The molecule has 0 spiro atoms. The smallest absolute Gasteiger partial charge is 0.338 e. The van der Waals surface area contributed by atoms with Crippen molar-refractivity contribution in [1.82, 2.24) is 10.6 Å². The second-order valence-corrected chi connectivity index (χ2v) is 8.38. The van der Waals surface area contributed by atoms with Crippen molar-refractivity contribution < 1.29 is 19.0 Å². The molecule has 2 aliphatic rings. The van der Waals surface area contributed by atoms with Crippen LogP contribution in [0.3, 0.4) is 0 Å². The normalized spacial score (nSPS) is 27.0. The summed E-state index contributed by atoms with van der Waals surface area (Å²) in [4.78, 5) is 13.2. The molecule has 0 aromatic heterocycles. The zero-order valence-electron chi connectivity index (χ0n) is 17.7. The molecule has 2 N–H and O–H groups in total. The summed E-state index contributed by atoms with van der Waals surface area (Å²) < 4.78 is 16.9. The van der Waals surface area contributed by atoms with Crippen LogP contribution < -0.4 is 20.1 Å². The first kappa shape index (κ1) is 21.4. The van der Waals surface area contributed by atoms with Gasteiger partial charge in [-0.3, -0.25) is 0 Å². The summed E-state index contributed by atoms with van der Waals surface area (Å²) >= 11 is 5.35. The van der Waals surface area contributed by atoms with E-state index in [0.717, 1.165) is 24.8 Å². The first-order valence-electron chi connectivity index (χ1n) is 10.0. The minimum Gasteiger partial charge on any atom is -0.497 e. The van der Waals surface area contributed by atoms with Gasteiger partial charge in [0.15, 0.2) is 5.11 Å². The predicted molar refractivity (Wildman–Crippen MR) is 116 cm³/mol. The molecule has 1 aliphatic carbocycles. The number of allylic oxidation sites excluding steroid dienone is 1. The summed E-state index contributed by atoms with van der Waals surface area (Å²) in [6, 6.07) is 5.01. The third-order valence-electron chi connectivity index (χ3n) is 6.06. The van der Waals surface area contributed by atoms with Gasteiger partial charge in [-0.25, -0.2) is 4.79 Å². The molecule has 0 saturated heterocycles. The van der Waals surface area contributed by atoms with Crippen molar-refractivity contribution >= 4 is 23.3 Å². The monoisotopic (exact) mass is 418 g/mol. The molecule has 0 bridgehead atoms. The lowest BCUT2D eigenvalue weighted by Crippen LogP contribution is -2.45. The third-order valence-corrected chi connectivity index (χ3v) is 6.28. The summed E-state index contributed by atoms with van der Waals surface area (Å²) in [6.07, 6.45) is 2.81. The molecule has 0 amide bonds. The molecule has 4 atom stereocenters. The van der Waals surface area contributed by atoms with Crippen molar-refractivity contribution in [3.05, 3.63) is 35.0 Å². The van der Waals surface area contributed by atoms with Crippen LogP contribution in [-0.4, -0.2) is 31.4 Å². The fraction of sp³-hybridized carbons (Fsp3) is 0.545. The Kier molecular flexibility index (Phi) is 6.67. The Balaban J connectivity index is 1.91. The van der Waals surface area contributed by atoms with Crippen LogP contribution in [0.2, 0.25) is 0 Å². The molecule has 6 nitrogen and oxygen atoms in total. The highest BCUT2D eigenvalue weighted by Gasteiger charge is 2.35. The summed E-state index contributed by atoms with van der Waals surface area (Å²) in [5.74, 6) is 2.20. The summed E-state index contributed by atoms with van der Waals surface area (Å²) in [7, 11) is 3.21. The zero-order valence-corrected chi connectivity index (χ0v) is 18.5. The van der Waals surface area contributed by atoms with Crippen LogP contribution in [-0.2, 0) is 9.53 Å². The van der Waals surface area contributed by atoms with Crippen molar-refractivity contribution in [3.63, 3.8) is 0 Å². The second kappa shape index (κ2) is 9.03. The third kappa shape index (κ3) is 4.66. The van der Waals surface area contributed by atoms with Crippen LogP contribution in [0.15, 0.2) is 29.5 Å². The van der Waals surface area contributed by atoms with Gasteiger partial charge in [-0.1, -0.05) is 13.8 Å². The molecular formula is C22H30N2O4S. The maximum atomic E-state index is 13.2. The molecule has 0 unspecified atom stereocenters. The van der Waals surface area contributed by atoms with Crippen LogP contribution >= 0.6 is 12.2 Å². The number of hydrogen-bond donors (Lipinski definition) is 2. The summed E-state index contributed by atoms with van der Waals surface area (Å²) in [6.45, 7) is 6.33. The number of hydrogen-bond acceptors (Lipinski definition) is 5. The Morgan fingerprint density at radius 2 is 1.90 bits per heavy atom. The van der Waals surface area contributed by atoms with Crippen LogP contribution in [0, 0.1) is 11.8 Å². The number of methoxy groups -OCH3 is 2. The molecule has 158 valence electrons. The minimum absolute atomic E-state index is 0.0595. The zero-order chi connectivity index (χ0) is 21.1. The molecule has 1 saturated carbocycles. The van der Waals surface area contributed by atoms with E-state index in [1.54, 1.807) is 14.2 Å². The Bertz CT molecular complexity index is 823. The highest BCUT2D eigenvalue weighted by Crippen LogP contribution is 2.37. The number of carbonyl (C=O) groups is 1. The first-order valence-corrected chi connectivity index (χ1v) is 10.5. The van der Waals surface area contributed by atoms with E-state index in [9.17, 15) is 4.79 Å². The molecule has 1 aromatic rings. The van der Waals surface area contributed by atoms with Crippen molar-refractivity contribution in [2.24, 2.45) is 11.8 Å². The quantitative estimate of drug-likeness (QED) is 0.556. The molecule has 3 rings (SSSR count). The molecule has 1 aromatic carbocycles. The maximum Gasteiger partial charge on any atom is 0.338 e. The lowest BCUT2D eigenvalue weighted by molar-refractivity contribution is -0.147. The van der Waals surface area contributed by atoms with Crippen molar-refractivity contribution in [2.75, 3.05) is 14.2 Å². The number of esters is 1. The second-order valence-electron chi connectivity index (χ2n) is 7.97. The van der Waals surface area contributed by atoms with Gasteiger partial charge in [-0.2, -0.15) is 0 Å². The summed E-state index contributed by atoms with van der Waals surface area (Å²) in [5.41, 5.74) is 1.97. The van der Waals surface area contributed by atoms with Gasteiger partial charge in [0.2, 0.25) is 0 Å². The van der Waals surface area contributed by atoms with Crippen molar-refractivity contribution in [1.29, 1.82) is 0 Å². The van der Waals surface area contributed by atoms with Gasteiger partial charge < -0.3 is 24.8 Å². The SMILES string of the molecule is COc1ccc(OC)c([C@H]2NC(=S)NC(C)=C2C(=O)O[C@@H]2CC[C@@H](C)[C@@H](C)C2)c1. The number of ether oxygens (including phenoxy) is 3. The average molecular weight is 419 g/mol. The van der Waals surface area contributed by atoms with Gasteiger partial charge >= 0.3 is 5.97 Å². The van der Waals surface area contributed by atoms with E-state index in [1.165, 1.54) is 0 Å². The first-order chi connectivity index (χ1) is 13.8. The van der Waals surface area contributed by atoms with Gasteiger partial charge in [0, 0.05) is 11.3 Å². The van der Waals surface area contributed by atoms with E-state index in [1.807, 2.05) is 25.1 Å². The Labute approximate surface area is 178 Å². The van der Waals surface area contributed by atoms with E-state index in [0.29, 0.717) is 39.7 Å². The van der Waals surface area contributed by atoms with E-state index in [2.05, 4.69) is 24.5 Å². The van der Waals surface area contributed by atoms with E-state index >= 15 is 0 Å². The standard InChI is InChI=1S/C22H30N2O4S/c1-12-6-7-16(10-13(12)2)28-21(25)19-14(3)23-22(29)24-20(19)17-11-15(26-4)8-9-18(17)27-5/h8-9,11-13,16,20H,6-7,10H2,1-5H3,(H2,23,24,29)/t12-,13+,16-,20-/m1/s1. The lowest BCUT2D eigenvalue weighted by atomic mass is 9.80. The van der Waals surface area contributed by atoms with Crippen LogP contribution in [0.25, 0.3) is 0 Å². The van der Waals surface area contributed by atoms with E-state index < -0.39 is 6.04 Å². The predicted octanol–water partition coefficient (Wildman–Crippen LogP) is 3.86. The molecule has 29 heavy (non-hydrogen) atoms. The van der Waals surface area contributed by atoms with Crippen molar-refractivity contribution in [3.8, 4) is 11.5 Å². The molecular weight excluding hydrogens is 388 g/mol. The van der Waals surface area contributed by atoms with Gasteiger partial charge in [0.05, 0.1) is 25.8 Å². The molecule has 1 fully saturated rings. The molecule has 0 radical (unpaired) electrons. The molecule has 1 aliphatic heterocycles. The number of benzene rings is 1. The Hall–Kier alpha value is -2.28. The highest BCUT2D eigenvalue weighted by atomic mass is 32.1. The van der Waals surface area contributed by atoms with Crippen LogP contribution in [0.4, 0.5) is 0 Å². The molecule has 7 heteroatoms. The Morgan fingerprint density at radius 1 is 1.14 bits per heavy atom. The topological polar surface area (TPSA) is 68.8 Å². The van der Waals surface area contributed by atoms with Gasteiger partial charge in [0.25, 0.3) is 0 Å². The van der Waals surface area contributed by atoms with Crippen LogP contribution in [0.5, 0.6) is 11.5 Å².